The Kier molecular flexibility index (Phi) is 4.69. The van der Waals surface area contributed by atoms with Gasteiger partial charge in [0.2, 0.25) is 0 Å². The van der Waals surface area contributed by atoms with Crippen molar-refractivity contribution in [2.24, 2.45) is 0 Å². The van der Waals surface area contributed by atoms with Crippen molar-refractivity contribution < 1.29 is 8.83 Å². The Balaban J connectivity index is 1.15. The summed E-state index contributed by atoms with van der Waals surface area (Å²) in [5.74, 6) is 0. The standard InChI is InChI=1S/C40H22N2O2/c1-3-14-29-26(11-1)27-12-2-4-15-30(27)39-38(29)41-22-34(42-39)24-10-7-9-23(19-24)25-16-8-17-31-33-20-32-28-13-5-6-18-35(28)43-36(32)21-37(33)44-40(25)31/h1-22H. The molecule has 0 amide bonds. The predicted molar refractivity (Wildman–Crippen MR) is 180 cm³/mol. The summed E-state index contributed by atoms with van der Waals surface area (Å²) >= 11 is 0. The van der Waals surface area contributed by atoms with E-state index in [0.717, 1.165) is 88.1 Å². The van der Waals surface area contributed by atoms with Crippen LogP contribution in [0.2, 0.25) is 0 Å². The van der Waals surface area contributed by atoms with Crippen molar-refractivity contribution in [3.05, 3.63) is 134 Å². The second-order valence-electron chi connectivity index (χ2n) is 11.4. The van der Waals surface area contributed by atoms with Gasteiger partial charge in [-0.15, -0.1) is 0 Å². The van der Waals surface area contributed by atoms with Crippen LogP contribution in [0.4, 0.5) is 0 Å². The van der Waals surface area contributed by atoms with Gasteiger partial charge in [0.25, 0.3) is 0 Å². The molecule has 0 aliphatic rings. The summed E-state index contributed by atoms with van der Waals surface area (Å²) in [7, 11) is 0. The zero-order valence-electron chi connectivity index (χ0n) is 23.4. The first-order valence-corrected chi connectivity index (χ1v) is 14.7. The average Bonchev–Trinajstić information content (AvgIpc) is 3.64. The van der Waals surface area contributed by atoms with Crippen molar-refractivity contribution in [3.63, 3.8) is 0 Å². The fourth-order valence-corrected chi connectivity index (χ4v) is 6.85. The van der Waals surface area contributed by atoms with Crippen molar-refractivity contribution in [1.82, 2.24) is 9.97 Å². The molecule has 10 rings (SSSR count). The van der Waals surface area contributed by atoms with E-state index in [1.54, 1.807) is 0 Å². The molecule has 0 aliphatic heterocycles. The SMILES string of the molecule is c1cc(-c2cnc3c4ccccc4c4ccccc4c3n2)cc(-c2cccc3c2oc2cc4oc5ccccc5c4cc23)c1. The van der Waals surface area contributed by atoms with Crippen molar-refractivity contribution in [2.75, 3.05) is 0 Å². The number of rotatable bonds is 2. The Morgan fingerprint density at radius 3 is 1.89 bits per heavy atom. The molecule has 0 fully saturated rings. The van der Waals surface area contributed by atoms with E-state index in [1.807, 2.05) is 30.5 Å². The monoisotopic (exact) mass is 562 g/mol. The second-order valence-corrected chi connectivity index (χ2v) is 11.4. The third kappa shape index (κ3) is 3.28. The highest BCUT2D eigenvalue weighted by atomic mass is 16.3. The van der Waals surface area contributed by atoms with Gasteiger partial charge >= 0.3 is 0 Å². The molecule has 4 nitrogen and oxygen atoms in total. The van der Waals surface area contributed by atoms with Gasteiger partial charge in [-0.1, -0.05) is 103 Å². The summed E-state index contributed by atoms with van der Waals surface area (Å²) in [6.07, 6.45) is 1.89. The molecule has 0 spiro atoms. The zero-order chi connectivity index (χ0) is 28.8. The molecule has 0 saturated heterocycles. The number of aromatic nitrogens is 2. The van der Waals surface area contributed by atoms with Crippen LogP contribution in [0.3, 0.4) is 0 Å². The highest BCUT2D eigenvalue weighted by Gasteiger charge is 2.17. The van der Waals surface area contributed by atoms with E-state index in [4.69, 9.17) is 18.8 Å². The van der Waals surface area contributed by atoms with Crippen LogP contribution >= 0.6 is 0 Å². The van der Waals surface area contributed by atoms with Crippen LogP contribution in [0.5, 0.6) is 0 Å². The maximum atomic E-state index is 6.55. The molecule has 3 aromatic heterocycles. The van der Waals surface area contributed by atoms with Gasteiger partial charge in [-0.05, 0) is 34.5 Å². The van der Waals surface area contributed by atoms with Crippen molar-refractivity contribution >= 4 is 76.5 Å². The Bertz CT molecular complexity index is 2750. The van der Waals surface area contributed by atoms with Gasteiger partial charge in [-0.25, -0.2) is 4.98 Å². The molecule has 0 aliphatic carbocycles. The van der Waals surface area contributed by atoms with Gasteiger partial charge in [0.15, 0.2) is 0 Å². The first kappa shape index (κ1) is 23.6. The molecule has 0 bridgehead atoms. The molecule has 44 heavy (non-hydrogen) atoms. The first-order chi connectivity index (χ1) is 21.8. The first-order valence-electron chi connectivity index (χ1n) is 14.7. The molecule has 10 aromatic rings. The average molecular weight is 563 g/mol. The van der Waals surface area contributed by atoms with Crippen molar-refractivity contribution in [3.8, 4) is 22.4 Å². The Labute approximate surface area is 250 Å². The lowest BCUT2D eigenvalue weighted by Gasteiger charge is -2.11. The van der Waals surface area contributed by atoms with Crippen LogP contribution in [0, 0.1) is 0 Å². The third-order valence-corrected chi connectivity index (χ3v) is 8.89. The number of para-hydroxylation sites is 2. The van der Waals surface area contributed by atoms with Crippen LogP contribution in [-0.2, 0) is 0 Å². The molecule has 3 heterocycles. The number of hydrogen-bond acceptors (Lipinski definition) is 4. The third-order valence-electron chi connectivity index (χ3n) is 8.89. The van der Waals surface area contributed by atoms with Gasteiger partial charge in [-0.3, -0.25) is 4.98 Å². The predicted octanol–water partition coefficient (Wildman–Crippen LogP) is 11.1. The largest absolute Gasteiger partial charge is 0.456 e. The lowest BCUT2D eigenvalue weighted by Crippen LogP contribution is -1.92. The molecule has 0 atom stereocenters. The Morgan fingerprint density at radius 1 is 0.409 bits per heavy atom. The van der Waals surface area contributed by atoms with Crippen LogP contribution in [0.15, 0.2) is 142 Å². The zero-order valence-corrected chi connectivity index (χ0v) is 23.4. The van der Waals surface area contributed by atoms with E-state index in [-0.39, 0.29) is 0 Å². The summed E-state index contributed by atoms with van der Waals surface area (Å²) in [6.45, 7) is 0. The number of nitrogens with zero attached hydrogens (tertiary/aromatic N) is 2. The number of benzene rings is 7. The van der Waals surface area contributed by atoms with Crippen molar-refractivity contribution in [2.45, 2.75) is 0 Å². The van der Waals surface area contributed by atoms with Crippen LogP contribution in [0.25, 0.3) is 98.8 Å². The fraction of sp³-hybridized carbons (Fsp3) is 0. The summed E-state index contributed by atoms with van der Waals surface area (Å²) in [6, 6.07) is 44.1. The normalized spacial score (nSPS) is 12.1. The highest BCUT2D eigenvalue weighted by molar-refractivity contribution is 6.23. The van der Waals surface area contributed by atoms with E-state index in [2.05, 4.69) is 103 Å². The number of furan rings is 2. The lowest BCUT2D eigenvalue weighted by atomic mass is 9.98. The van der Waals surface area contributed by atoms with Gasteiger partial charge < -0.3 is 8.83 Å². The minimum Gasteiger partial charge on any atom is -0.456 e. The summed E-state index contributed by atoms with van der Waals surface area (Å²) < 4.78 is 12.7. The van der Waals surface area contributed by atoms with E-state index in [1.165, 1.54) is 10.8 Å². The van der Waals surface area contributed by atoms with E-state index in [9.17, 15) is 0 Å². The number of hydrogen-bond donors (Lipinski definition) is 0. The van der Waals surface area contributed by atoms with Crippen LogP contribution < -0.4 is 0 Å². The minimum absolute atomic E-state index is 0.815. The molecular weight excluding hydrogens is 540 g/mol. The summed E-state index contributed by atoms with van der Waals surface area (Å²) in [5, 5.41) is 8.98. The van der Waals surface area contributed by atoms with Gasteiger partial charge in [0.1, 0.15) is 22.3 Å². The quantitative estimate of drug-likeness (QED) is 0.197. The minimum atomic E-state index is 0.815. The summed E-state index contributed by atoms with van der Waals surface area (Å²) in [4.78, 5) is 10.2. The molecule has 0 N–H and O–H groups in total. The maximum Gasteiger partial charge on any atom is 0.143 e. The van der Waals surface area contributed by atoms with Gasteiger partial charge in [0.05, 0.1) is 22.9 Å². The second kappa shape index (κ2) is 8.76. The molecular formula is C40H22N2O2. The van der Waals surface area contributed by atoms with E-state index >= 15 is 0 Å². The van der Waals surface area contributed by atoms with E-state index < -0.39 is 0 Å². The Hall–Kier alpha value is -6.00. The molecule has 0 saturated carbocycles. The van der Waals surface area contributed by atoms with Crippen molar-refractivity contribution in [1.29, 1.82) is 0 Å². The highest BCUT2D eigenvalue weighted by Crippen LogP contribution is 2.41. The topological polar surface area (TPSA) is 52.1 Å². The van der Waals surface area contributed by atoms with Crippen LogP contribution in [0.1, 0.15) is 0 Å². The van der Waals surface area contributed by atoms with E-state index in [0.29, 0.717) is 0 Å². The smallest absolute Gasteiger partial charge is 0.143 e. The molecule has 0 radical (unpaired) electrons. The maximum absolute atomic E-state index is 6.55. The van der Waals surface area contributed by atoms with Gasteiger partial charge in [0, 0.05) is 49.5 Å². The fourth-order valence-electron chi connectivity index (χ4n) is 6.85. The molecule has 7 aromatic carbocycles. The summed E-state index contributed by atoms with van der Waals surface area (Å²) in [5.41, 5.74) is 9.16. The molecule has 204 valence electrons. The lowest BCUT2D eigenvalue weighted by molar-refractivity contribution is 0.656. The molecule has 4 heteroatoms. The van der Waals surface area contributed by atoms with Gasteiger partial charge in [-0.2, -0.15) is 0 Å². The van der Waals surface area contributed by atoms with Crippen LogP contribution in [-0.4, -0.2) is 9.97 Å². The Morgan fingerprint density at radius 2 is 1.05 bits per heavy atom. The molecule has 0 unspecified atom stereocenters. The number of fused-ring (bicyclic) bond motifs is 12.